The fraction of sp³-hybridized carbons (Fsp3) is 0.129. The first-order chi connectivity index (χ1) is 20.1. The lowest BCUT2D eigenvalue weighted by Crippen LogP contribution is -2.39. The Bertz CT molecular complexity index is 1660. The monoisotopic (exact) mass is 648 g/mol. The summed E-state index contributed by atoms with van der Waals surface area (Å²) >= 11 is 3.35. The van der Waals surface area contributed by atoms with Gasteiger partial charge >= 0.3 is 0 Å². The van der Waals surface area contributed by atoms with Crippen molar-refractivity contribution in [1.82, 2.24) is 5.43 Å². The van der Waals surface area contributed by atoms with Gasteiger partial charge in [0.15, 0.2) is 6.61 Å². The molecule has 42 heavy (non-hydrogen) atoms. The van der Waals surface area contributed by atoms with Crippen molar-refractivity contribution < 1.29 is 22.7 Å². The molecule has 0 radical (unpaired) electrons. The van der Waals surface area contributed by atoms with E-state index in [1.807, 2.05) is 38.1 Å². The van der Waals surface area contributed by atoms with Gasteiger partial charge in [-0.3, -0.25) is 13.9 Å². The maximum atomic E-state index is 13.4. The molecule has 2 amide bonds. The molecule has 4 aromatic carbocycles. The van der Waals surface area contributed by atoms with E-state index in [9.17, 15) is 18.0 Å². The topological polar surface area (TPSA) is 117 Å². The van der Waals surface area contributed by atoms with Crippen molar-refractivity contribution in [1.29, 1.82) is 0 Å². The Morgan fingerprint density at radius 3 is 2.05 bits per heavy atom. The van der Waals surface area contributed by atoms with E-state index in [2.05, 4.69) is 31.8 Å². The molecule has 0 unspecified atom stereocenters. The van der Waals surface area contributed by atoms with E-state index in [-0.39, 0.29) is 17.4 Å². The molecule has 0 aliphatic heterocycles. The molecule has 2 N–H and O–H groups in total. The Labute approximate surface area is 253 Å². The summed E-state index contributed by atoms with van der Waals surface area (Å²) in [7, 11) is -4.03. The lowest BCUT2D eigenvalue weighted by molar-refractivity contribution is -0.119. The predicted molar refractivity (Wildman–Crippen MR) is 167 cm³/mol. The first-order valence-corrected chi connectivity index (χ1v) is 15.1. The number of carbonyl (C=O) groups excluding carboxylic acids is 2. The van der Waals surface area contributed by atoms with Crippen LogP contribution in [-0.4, -0.2) is 39.6 Å². The number of amides is 2. The molecule has 0 heterocycles. The molecule has 0 aliphatic carbocycles. The van der Waals surface area contributed by atoms with Gasteiger partial charge in [0.05, 0.1) is 16.8 Å². The van der Waals surface area contributed by atoms with Crippen LogP contribution in [0.1, 0.15) is 16.7 Å². The van der Waals surface area contributed by atoms with Gasteiger partial charge in [0, 0.05) is 10.2 Å². The number of nitrogens with one attached hydrogen (secondary N) is 2. The van der Waals surface area contributed by atoms with Gasteiger partial charge in [0.25, 0.3) is 21.8 Å². The van der Waals surface area contributed by atoms with Crippen LogP contribution in [0.2, 0.25) is 0 Å². The molecule has 0 atom stereocenters. The quantitative estimate of drug-likeness (QED) is 0.166. The van der Waals surface area contributed by atoms with Gasteiger partial charge in [-0.25, -0.2) is 13.8 Å². The van der Waals surface area contributed by atoms with Gasteiger partial charge in [0.2, 0.25) is 0 Å². The van der Waals surface area contributed by atoms with Crippen LogP contribution in [0.4, 0.5) is 11.4 Å². The molecule has 0 saturated heterocycles. The number of hydrazone groups is 1. The third kappa shape index (κ3) is 8.51. The first kappa shape index (κ1) is 30.5. The zero-order chi connectivity index (χ0) is 30.1. The van der Waals surface area contributed by atoms with Crippen molar-refractivity contribution in [3.8, 4) is 5.75 Å². The first-order valence-electron chi connectivity index (χ1n) is 12.9. The van der Waals surface area contributed by atoms with E-state index in [1.54, 1.807) is 60.7 Å². The van der Waals surface area contributed by atoms with E-state index >= 15 is 0 Å². The fourth-order valence-electron chi connectivity index (χ4n) is 3.74. The van der Waals surface area contributed by atoms with Gasteiger partial charge in [-0.05, 0) is 92.2 Å². The van der Waals surface area contributed by atoms with Crippen molar-refractivity contribution >= 4 is 55.4 Å². The summed E-state index contributed by atoms with van der Waals surface area (Å²) in [5.74, 6) is -0.417. The van der Waals surface area contributed by atoms with Crippen LogP contribution in [0.5, 0.6) is 5.75 Å². The second kappa shape index (κ2) is 13.9. The average Bonchev–Trinajstić information content (AvgIpc) is 2.97. The summed E-state index contributed by atoms with van der Waals surface area (Å²) in [5, 5.41) is 6.73. The molecule has 9 nitrogen and oxygen atoms in total. The van der Waals surface area contributed by atoms with E-state index in [0.29, 0.717) is 22.7 Å². The highest BCUT2D eigenvalue weighted by atomic mass is 79.9. The Hall–Kier alpha value is -4.48. The zero-order valence-corrected chi connectivity index (χ0v) is 25.4. The molecule has 11 heteroatoms. The highest BCUT2D eigenvalue weighted by Crippen LogP contribution is 2.25. The minimum absolute atomic E-state index is 0.0715. The number of nitrogens with zero attached hydrogens (tertiary/aromatic N) is 2. The van der Waals surface area contributed by atoms with Crippen LogP contribution in [-0.2, 0) is 19.6 Å². The molecule has 0 aromatic heterocycles. The van der Waals surface area contributed by atoms with Crippen molar-refractivity contribution in [2.75, 3.05) is 22.8 Å². The number of hydrogen-bond donors (Lipinski definition) is 2. The van der Waals surface area contributed by atoms with Crippen molar-refractivity contribution in [3.05, 3.63) is 118 Å². The second-order valence-electron chi connectivity index (χ2n) is 9.37. The number of hydrogen-bond acceptors (Lipinski definition) is 6. The minimum atomic E-state index is -4.03. The van der Waals surface area contributed by atoms with E-state index in [0.717, 1.165) is 19.9 Å². The highest BCUT2D eigenvalue weighted by Gasteiger charge is 2.27. The van der Waals surface area contributed by atoms with Crippen LogP contribution in [0, 0.1) is 13.8 Å². The predicted octanol–water partition coefficient (Wildman–Crippen LogP) is 5.43. The Kier molecular flexibility index (Phi) is 10.1. The number of anilines is 2. The summed E-state index contributed by atoms with van der Waals surface area (Å²) < 4.78 is 34.2. The summed E-state index contributed by atoms with van der Waals surface area (Å²) in [6.07, 6.45) is 1.42. The number of benzene rings is 4. The maximum Gasteiger partial charge on any atom is 0.264 e. The Morgan fingerprint density at radius 2 is 1.43 bits per heavy atom. The zero-order valence-electron chi connectivity index (χ0n) is 23.0. The van der Waals surface area contributed by atoms with Gasteiger partial charge in [-0.2, -0.15) is 5.10 Å². The fourth-order valence-corrected chi connectivity index (χ4v) is 5.42. The molecule has 0 spiro atoms. The van der Waals surface area contributed by atoms with E-state index < -0.39 is 22.5 Å². The maximum absolute atomic E-state index is 13.4. The third-order valence-electron chi connectivity index (χ3n) is 6.00. The van der Waals surface area contributed by atoms with Gasteiger partial charge in [-0.1, -0.05) is 51.3 Å². The molecular formula is C31H29BrN4O5S. The standard InChI is InChI=1S/C31H29BrN4O5S/c1-22-3-11-26(12-4-22)34-31(38)21-41-28-15-7-24(8-16-28)19-33-35-30(37)20-36(27-13-9-25(32)10-14-27)42(39,40)29-17-5-23(2)6-18-29/h3-19H,20-21H2,1-2H3,(H,34,38)(H,35,37)/b33-19-. The Morgan fingerprint density at radius 1 is 0.833 bits per heavy atom. The lowest BCUT2D eigenvalue weighted by Gasteiger charge is -2.23. The molecule has 4 aromatic rings. The summed E-state index contributed by atoms with van der Waals surface area (Å²) in [6, 6.07) is 27.3. The minimum Gasteiger partial charge on any atom is -0.484 e. The summed E-state index contributed by atoms with van der Waals surface area (Å²) in [4.78, 5) is 25.0. The van der Waals surface area contributed by atoms with E-state index in [4.69, 9.17) is 4.74 Å². The third-order valence-corrected chi connectivity index (χ3v) is 8.32. The molecule has 0 bridgehead atoms. The molecule has 216 valence electrons. The number of halogens is 1. The largest absolute Gasteiger partial charge is 0.484 e. The smallest absolute Gasteiger partial charge is 0.264 e. The molecule has 0 saturated carbocycles. The number of sulfonamides is 1. The Balaban J connectivity index is 1.34. The van der Waals surface area contributed by atoms with E-state index in [1.165, 1.54) is 18.3 Å². The van der Waals surface area contributed by atoms with Gasteiger partial charge in [0.1, 0.15) is 12.3 Å². The van der Waals surface area contributed by atoms with Crippen LogP contribution in [0.3, 0.4) is 0 Å². The second-order valence-corrected chi connectivity index (χ2v) is 12.1. The highest BCUT2D eigenvalue weighted by molar-refractivity contribution is 9.10. The van der Waals surface area contributed by atoms with Crippen LogP contribution < -0.4 is 19.8 Å². The van der Waals surface area contributed by atoms with Crippen molar-refractivity contribution in [2.24, 2.45) is 5.10 Å². The van der Waals surface area contributed by atoms with Crippen molar-refractivity contribution in [2.45, 2.75) is 18.7 Å². The SMILES string of the molecule is Cc1ccc(NC(=O)COc2ccc(/C=N\NC(=O)CN(c3ccc(Br)cc3)S(=O)(=O)c3ccc(C)cc3)cc2)cc1. The summed E-state index contributed by atoms with van der Waals surface area (Å²) in [5.41, 5.74) is 6.08. The molecule has 4 rings (SSSR count). The summed E-state index contributed by atoms with van der Waals surface area (Å²) in [6.45, 7) is 3.20. The lowest BCUT2D eigenvalue weighted by atomic mass is 10.2. The molecular weight excluding hydrogens is 620 g/mol. The van der Waals surface area contributed by atoms with Crippen LogP contribution >= 0.6 is 15.9 Å². The van der Waals surface area contributed by atoms with Gasteiger partial charge in [-0.15, -0.1) is 0 Å². The van der Waals surface area contributed by atoms with Crippen molar-refractivity contribution in [3.63, 3.8) is 0 Å². The van der Waals surface area contributed by atoms with Crippen LogP contribution in [0.15, 0.2) is 112 Å². The molecule has 0 aliphatic rings. The number of ether oxygens (including phenoxy) is 1. The molecule has 0 fully saturated rings. The normalized spacial score (nSPS) is 11.2. The average molecular weight is 650 g/mol. The van der Waals surface area contributed by atoms with Gasteiger partial charge < -0.3 is 10.1 Å². The number of aryl methyl sites for hydroxylation is 2. The number of rotatable bonds is 11. The van der Waals surface area contributed by atoms with Crippen LogP contribution in [0.25, 0.3) is 0 Å². The number of carbonyl (C=O) groups is 2.